The van der Waals surface area contributed by atoms with Crippen LogP contribution in [0.25, 0.3) is 16.7 Å². The Kier molecular flexibility index (Phi) is 3.40. The summed E-state index contributed by atoms with van der Waals surface area (Å²) >= 11 is 0. The molecule has 5 rings (SSSR count). The highest BCUT2D eigenvalue weighted by molar-refractivity contribution is 5.98. The van der Waals surface area contributed by atoms with Crippen LogP contribution in [0, 0.1) is 13.8 Å². The number of morpholine rings is 1. The number of aryl methyl sites for hydroxylation is 2. The average molecular weight is 347 g/mol. The zero-order valence-corrected chi connectivity index (χ0v) is 15.0. The van der Waals surface area contributed by atoms with Gasteiger partial charge >= 0.3 is 0 Å². The Labute approximate surface area is 152 Å². The van der Waals surface area contributed by atoms with Gasteiger partial charge in [0, 0.05) is 5.56 Å². The van der Waals surface area contributed by atoms with Crippen LogP contribution in [0.3, 0.4) is 0 Å². The average Bonchev–Trinajstić information content (AvgIpc) is 3.07. The molecule has 5 heteroatoms. The van der Waals surface area contributed by atoms with E-state index < -0.39 is 0 Å². The molecule has 0 aliphatic carbocycles. The number of hydrogen-bond acceptors (Lipinski definition) is 3. The molecular weight excluding hydrogens is 326 g/mol. The Morgan fingerprint density at radius 1 is 1.12 bits per heavy atom. The number of benzene rings is 2. The van der Waals surface area contributed by atoms with Crippen LogP contribution in [0.2, 0.25) is 0 Å². The standard InChI is InChI=1S/C21H21N3O2/c1-13-3-4-14(2)20(7-13)23-12-22-18-8-15(5-6-19(18)23)21(25)24-16-9-17(24)11-26-10-16/h3-8,12,16-17H,9-11H2,1-2H3. The van der Waals surface area contributed by atoms with Gasteiger partial charge in [-0.3, -0.25) is 9.36 Å². The molecule has 1 aromatic heterocycles. The van der Waals surface area contributed by atoms with Gasteiger partial charge in [-0.2, -0.15) is 0 Å². The maximum absolute atomic E-state index is 12.9. The minimum Gasteiger partial charge on any atom is -0.377 e. The van der Waals surface area contributed by atoms with E-state index in [-0.39, 0.29) is 18.0 Å². The van der Waals surface area contributed by atoms with Gasteiger partial charge in [0.05, 0.1) is 42.0 Å². The van der Waals surface area contributed by atoms with E-state index >= 15 is 0 Å². The monoisotopic (exact) mass is 347 g/mol. The Morgan fingerprint density at radius 3 is 2.69 bits per heavy atom. The maximum atomic E-state index is 12.9. The quantitative estimate of drug-likeness (QED) is 0.715. The third-order valence-electron chi connectivity index (χ3n) is 5.60. The van der Waals surface area contributed by atoms with Crippen molar-refractivity contribution in [3.63, 3.8) is 0 Å². The lowest BCUT2D eigenvalue weighted by Gasteiger charge is -2.52. The second-order valence-corrected chi connectivity index (χ2v) is 7.40. The van der Waals surface area contributed by atoms with Crippen LogP contribution in [0.5, 0.6) is 0 Å². The van der Waals surface area contributed by atoms with Gasteiger partial charge in [-0.05, 0) is 55.7 Å². The highest BCUT2D eigenvalue weighted by Gasteiger charge is 2.45. The van der Waals surface area contributed by atoms with Gasteiger partial charge in [-0.1, -0.05) is 12.1 Å². The zero-order chi connectivity index (χ0) is 17.8. The molecule has 0 N–H and O–H groups in total. The summed E-state index contributed by atoms with van der Waals surface area (Å²) in [5.74, 6) is 0.0951. The molecule has 0 saturated carbocycles. The summed E-state index contributed by atoms with van der Waals surface area (Å²) in [5, 5.41) is 0. The Morgan fingerprint density at radius 2 is 1.92 bits per heavy atom. The van der Waals surface area contributed by atoms with Crippen LogP contribution in [0.15, 0.2) is 42.7 Å². The normalized spacial score (nSPS) is 21.7. The molecule has 2 aliphatic heterocycles. The second kappa shape index (κ2) is 5.68. The fourth-order valence-corrected chi connectivity index (χ4v) is 4.14. The molecule has 5 nitrogen and oxygen atoms in total. The molecule has 2 aromatic carbocycles. The van der Waals surface area contributed by atoms with E-state index in [4.69, 9.17) is 4.74 Å². The van der Waals surface area contributed by atoms with Crippen molar-refractivity contribution < 1.29 is 9.53 Å². The number of rotatable bonds is 2. The van der Waals surface area contributed by atoms with Crippen LogP contribution in [0.4, 0.5) is 0 Å². The summed E-state index contributed by atoms with van der Waals surface area (Å²) in [6, 6.07) is 12.7. The van der Waals surface area contributed by atoms with E-state index in [1.54, 1.807) is 0 Å². The molecule has 2 unspecified atom stereocenters. The van der Waals surface area contributed by atoms with Gasteiger partial charge in [0.2, 0.25) is 0 Å². The topological polar surface area (TPSA) is 47.4 Å². The second-order valence-electron chi connectivity index (χ2n) is 7.40. The van der Waals surface area contributed by atoms with Crippen molar-refractivity contribution in [1.29, 1.82) is 0 Å². The lowest BCUT2D eigenvalue weighted by Crippen LogP contribution is -2.65. The third-order valence-corrected chi connectivity index (χ3v) is 5.60. The van der Waals surface area contributed by atoms with Crippen LogP contribution in [-0.4, -0.2) is 45.7 Å². The van der Waals surface area contributed by atoms with E-state index in [2.05, 4.69) is 41.6 Å². The van der Waals surface area contributed by atoms with Gasteiger partial charge in [-0.15, -0.1) is 0 Å². The lowest BCUT2D eigenvalue weighted by molar-refractivity contribution is -0.104. The summed E-state index contributed by atoms with van der Waals surface area (Å²) < 4.78 is 7.58. The highest BCUT2D eigenvalue weighted by Crippen LogP contribution is 2.33. The Bertz CT molecular complexity index is 1010. The molecule has 2 atom stereocenters. The van der Waals surface area contributed by atoms with Crippen molar-refractivity contribution in [1.82, 2.24) is 14.5 Å². The molecule has 3 aromatic rings. The van der Waals surface area contributed by atoms with Crippen molar-refractivity contribution in [3.05, 3.63) is 59.4 Å². The summed E-state index contributed by atoms with van der Waals surface area (Å²) in [6.07, 6.45) is 2.90. The Hall–Kier alpha value is -2.66. The largest absolute Gasteiger partial charge is 0.377 e. The molecule has 0 radical (unpaired) electrons. The molecule has 1 amide bonds. The summed E-state index contributed by atoms with van der Waals surface area (Å²) in [4.78, 5) is 19.4. The van der Waals surface area contributed by atoms with Gasteiger partial charge in [0.15, 0.2) is 0 Å². The number of imidazole rings is 1. The highest BCUT2D eigenvalue weighted by atomic mass is 16.5. The predicted octanol–water partition coefficient (Wildman–Crippen LogP) is 3.26. The molecule has 2 fully saturated rings. The van der Waals surface area contributed by atoms with Crippen LogP contribution in [-0.2, 0) is 4.74 Å². The number of carbonyl (C=O) groups is 1. The number of ether oxygens (including phenoxy) is 1. The van der Waals surface area contributed by atoms with Crippen molar-refractivity contribution in [2.24, 2.45) is 0 Å². The van der Waals surface area contributed by atoms with Crippen molar-refractivity contribution in [3.8, 4) is 5.69 Å². The zero-order valence-electron chi connectivity index (χ0n) is 15.0. The van der Waals surface area contributed by atoms with Gasteiger partial charge in [-0.25, -0.2) is 4.98 Å². The Balaban J connectivity index is 1.52. The number of amides is 1. The number of aromatic nitrogens is 2. The first kappa shape index (κ1) is 15.6. The van der Waals surface area contributed by atoms with Crippen molar-refractivity contribution in [2.45, 2.75) is 32.4 Å². The van der Waals surface area contributed by atoms with Crippen LogP contribution < -0.4 is 0 Å². The van der Waals surface area contributed by atoms with E-state index in [1.807, 2.05) is 29.4 Å². The first-order valence-electron chi connectivity index (χ1n) is 9.07. The minimum absolute atomic E-state index is 0.0951. The number of hydrogen-bond donors (Lipinski definition) is 0. The molecule has 2 aliphatic rings. The van der Waals surface area contributed by atoms with E-state index in [0.29, 0.717) is 18.8 Å². The van der Waals surface area contributed by atoms with E-state index in [1.165, 1.54) is 11.1 Å². The fourth-order valence-electron chi connectivity index (χ4n) is 4.14. The van der Waals surface area contributed by atoms with Crippen molar-refractivity contribution in [2.75, 3.05) is 13.2 Å². The van der Waals surface area contributed by atoms with Crippen LogP contribution in [0.1, 0.15) is 27.9 Å². The van der Waals surface area contributed by atoms with Gasteiger partial charge < -0.3 is 9.64 Å². The summed E-state index contributed by atoms with van der Waals surface area (Å²) in [7, 11) is 0. The molecule has 2 bridgehead atoms. The number of nitrogens with zero attached hydrogens (tertiary/aromatic N) is 3. The van der Waals surface area contributed by atoms with Crippen molar-refractivity contribution >= 4 is 16.9 Å². The maximum Gasteiger partial charge on any atom is 0.254 e. The molecule has 26 heavy (non-hydrogen) atoms. The molecule has 3 heterocycles. The van der Waals surface area contributed by atoms with Gasteiger partial charge in [0.25, 0.3) is 5.91 Å². The summed E-state index contributed by atoms with van der Waals surface area (Å²) in [6.45, 7) is 5.51. The minimum atomic E-state index is 0.0951. The van der Waals surface area contributed by atoms with Gasteiger partial charge in [0.1, 0.15) is 6.33 Å². The summed E-state index contributed by atoms with van der Waals surface area (Å²) in [5.41, 5.74) is 6.11. The lowest BCUT2D eigenvalue weighted by atomic mass is 9.90. The smallest absolute Gasteiger partial charge is 0.254 e. The van der Waals surface area contributed by atoms with E-state index in [9.17, 15) is 4.79 Å². The van der Waals surface area contributed by atoms with E-state index in [0.717, 1.165) is 23.1 Å². The fraction of sp³-hybridized carbons (Fsp3) is 0.333. The molecule has 0 spiro atoms. The SMILES string of the molecule is Cc1ccc(C)c(-n2cnc3cc(C(=O)N4C5COCC4C5)ccc32)c1. The number of fused-ring (bicyclic) bond motifs is 3. The number of carbonyl (C=O) groups excluding carboxylic acids is 1. The molecular formula is C21H21N3O2. The predicted molar refractivity (Wildman–Crippen MR) is 99.7 cm³/mol. The molecule has 2 saturated heterocycles. The third kappa shape index (κ3) is 2.27. The molecule has 132 valence electrons. The van der Waals surface area contributed by atoms with Crippen LogP contribution >= 0.6 is 0 Å². The first-order chi connectivity index (χ1) is 12.6. The first-order valence-corrected chi connectivity index (χ1v) is 9.07.